The second kappa shape index (κ2) is 9.82. The molecule has 6 heteroatoms. The molecule has 1 saturated carbocycles. The Hall–Kier alpha value is -2.73. The van der Waals surface area contributed by atoms with Crippen molar-refractivity contribution in [2.75, 3.05) is 6.61 Å². The third kappa shape index (κ3) is 5.01. The number of hydrogen-bond donors (Lipinski definition) is 0. The monoisotopic (exact) mass is 448 g/mol. The van der Waals surface area contributed by atoms with Crippen molar-refractivity contribution in [2.24, 2.45) is 0 Å². The first kappa shape index (κ1) is 21.1. The van der Waals surface area contributed by atoms with E-state index in [1.807, 2.05) is 22.8 Å². The van der Waals surface area contributed by atoms with E-state index in [1.165, 1.54) is 42.6 Å². The van der Waals surface area contributed by atoms with Gasteiger partial charge in [0, 0.05) is 22.4 Å². The van der Waals surface area contributed by atoms with Crippen LogP contribution >= 0.6 is 11.8 Å². The number of ether oxygens (including phenoxy) is 2. The Morgan fingerprint density at radius 2 is 1.81 bits per heavy atom. The first-order chi connectivity index (χ1) is 15.7. The molecule has 1 atom stereocenters. The normalized spacial score (nSPS) is 18.2. The number of fused-ring (bicyclic) bond motifs is 1. The Kier molecular flexibility index (Phi) is 6.49. The first-order valence-electron chi connectivity index (χ1n) is 11.4. The number of nitrogens with zero attached hydrogens (tertiary/aromatic N) is 2. The molecule has 1 aliphatic carbocycles. The van der Waals surface area contributed by atoms with Gasteiger partial charge in [-0.2, -0.15) is 4.98 Å². The van der Waals surface area contributed by atoms with E-state index in [-0.39, 0.29) is 11.7 Å². The van der Waals surface area contributed by atoms with Crippen molar-refractivity contribution in [1.29, 1.82) is 0 Å². The lowest BCUT2D eigenvalue weighted by Crippen LogP contribution is -2.23. The Balaban J connectivity index is 1.19. The maximum absolute atomic E-state index is 12.1. The van der Waals surface area contributed by atoms with Crippen LogP contribution in [0, 0.1) is 0 Å². The summed E-state index contributed by atoms with van der Waals surface area (Å²) < 4.78 is 13.9. The highest BCUT2D eigenvalue weighted by atomic mass is 32.2. The van der Waals surface area contributed by atoms with Gasteiger partial charge in [0.05, 0.1) is 6.54 Å². The fraction of sp³-hybridized carbons (Fsp3) is 0.385. The third-order valence-electron chi connectivity index (χ3n) is 6.25. The minimum absolute atomic E-state index is 0.164. The highest BCUT2D eigenvalue weighted by Crippen LogP contribution is 2.33. The summed E-state index contributed by atoms with van der Waals surface area (Å²) >= 11 is 1.70. The van der Waals surface area contributed by atoms with Crippen molar-refractivity contribution in [3.8, 4) is 11.8 Å². The summed E-state index contributed by atoms with van der Waals surface area (Å²) in [6, 6.07) is 20.7. The van der Waals surface area contributed by atoms with Crippen LogP contribution in [0.25, 0.3) is 0 Å². The molecule has 0 radical (unpaired) electrons. The molecule has 166 valence electrons. The molecule has 0 saturated heterocycles. The molecule has 32 heavy (non-hydrogen) atoms. The summed E-state index contributed by atoms with van der Waals surface area (Å²) in [6.07, 6.45) is 6.48. The van der Waals surface area contributed by atoms with E-state index >= 15 is 0 Å². The average Bonchev–Trinajstić information content (AvgIpc) is 3.25. The lowest BCUT2D eigenvalue weighted by molar-refractivity contribution is 0.143. The summed E-state index contributed by atoms with van der Waals surface area (Å²) in [5, 5.41) is 0. The molecule has 1 aromatic heterocycles. The molecule has 0 bridgehead atoms. The Morgan fingerprint density at radius 1 is 1.03 bits per heavy atom. The van der Waals surface area contributed by atoms with Crippen LogP contribution in [0.4, 0.5) is 0 Å². The van der Waals surface area contributed by atoms with Gasteiger partial charge in [0.1, 0.15) is 12.4 Å². The quantitative estimate of drug-likeness (QED) is 0.452. The molecular weight excluding hydrogens is 420 g/mol. The van der Waals surface area contributed by atoms with Crippen molar-refractivity contribution in [2.45, 2.75) is 61.3 Å². The second-order valence-corrected chi connectivity index (χ2v) is 9.58. The highest BCUT2D eigenvalue weighted by molar-refractivity contribution is 7.98. The van der Waals surface area contributed by atoms with E-state index in [0.29, 0.717) is 30.8 Å². The van der Waals surface area contributed by atoms with Crippen LogP contribution < -0.4 is 15.0 Å². The molecule has 5 rings (SSSR count). The summed E-state index contributed by atoms with van der Waals surface area (Å²) in [5.41, 5.74) is 2.08. The smallest absolute Gasteiger partial charge is 0.300 e. The number of aromatic nitrogens is 2. The van der Waals surface area contributed by atoms with Crippen LogP contribution in [-0.4, -0.2) is 22.3 Å². The molecule has 2 heterocycles. The highest BCUT2D eigenvalue weighted by Gasteiger charge is 2.26. The Labute approximate surface area is 192 Å². The van der Waals surface area contributed by atoms with E-state index < -0.39 is 0 Å². The number of hydrogen-bond acceptors (Lipinski definition) is 5. The SMILES string of the molecule is O=c1cc(CSc2ccccc2)n2c(n1)O[C@H](COc1ccc(C3CCCCC3)cc1)C2. The van der Waals surface area contributed by atoms with Crippen molar-refractivity contribution in [1.82, 2.24) is 9.55 Å². The van der Waals surface area contributed by atoms with Crippen molar-refractivity contribution in [3.05, 3.63) is 82.3 Å². The van der Waals surface area contributed by atoms with Gasteiger partial charge in [-0.15, -0.1) is 11.8 Å². The van der Waals surface area contributed by atoms with Crippen LogP contribution in [0.3, 0.4) is 0 Å². The maximum atomic E-state index is 12.1. The summed E-state index contributed by atoms with van der Waals surface area (Å²) in [6.45, 7) is 1.05. The van der Waals surface area contributed by atoms with E-state index in [2.05, 4.69) is 41.4 Å². The second-order valence-electron chi connectivity index (χ2n) is 8.54. The topological polar surface area (TPSA) is 53.4 Å². The fourth-order valence-corrected chi connectivity index (χ4v) is 5.45. The minimum atomic E-state index is -0.264. The van der Waals surface area contributed by atoms with E-state index in [1.54, 1.807) is 17.8 Å². The van der Waals surface area contributed by atoms with Gasteiger partial charge in [-0.3, -0.25) is 9.36 Å². The molecule has 0 spiro atoms. The van der Waals surface area contributed by atoms with Gasteiger partial charge in [-0.25, -0.2) is 0 Å². The summed E-state index contributed by atoms with van der Waals surface area (Å²) in [5.74, 6) is 2.24. The predicted molar refractivity (Wildman–Crippen MR) is 127 cm³/mol. The minimum Gasteiger partial charge on any atom is -0.490 e. The van der Waals surface area contributed by atoms with Gasteiger partial charge in [-0.05, 0) is 48.6 Å². The molecule has 2 aromatic carbocycles. The molecule has 1 fully saturated rings. The largest absolute Gasteiger partial charge is 0.490 e. The van der Waals surface area contributed by atoms with Gasteiger partial charge in [0.25, 0.3) is 5.56 Å². The molecule has 5 nitrogen and oxygen atoms in total. The zero-order chi connectivity index (χ0) is 21.8. The van der Waals surface area contributed by atoms with Crippen LogP contribution in [0.5, 0.6) is 11.8 Å². The lowest BCUT2D eigenvalue weighted by atomic mass is 9.84. The molecular formula is C26H28N2O3S. The van der Waals surface area contributed by atoms with Gasteiger partial charge in [0.2, 0.25) is 0 Å². The van der Waals surface area contributed by atoms with Crippen LogP contribution in [0.15, 0.2) is 70.4 Å². The van der Waals surface area contributed by atoms with Crippen LogP contribution in [0.2, 0.25) is 0 Å². The van der Waals surface area contributed by atoms with Crippen molar-refractivity contribution < 1.29 is 9.47 Å². The van der Waals surface area contributed by atoms with Gasteiger partial charge < -0.3 is 9.47 Å². The Morgan fingerprint density at radius 3 is 2.59 bits per heavy atom. The molecule has 2 aliphatic rings. The molecule has 0 unspecified atom stereocenters. The lowest BCUT2D eigenvalue weighted by Gasteiger charge is -2.22. The molecule has 0 N–H and O–H groups in total. The fourth-order valence-electron chi connectivity index (χ4n) is 4.55. The van der Waals surface area contributed by atoms with Crippen molar-refractivity contribution in [3.63, 3.8) is 0 Å². The van der Waals surface area contributed by atoms with E-state index in [4.69, 9.17) is 9.47 Å². The van der Waals surface area contributed by atoms with Gasteiger partial charge in [-0.1, -0.05) is 49.6 Å². The zero-order valence-corrected chi connectivity index (χ0v) is 18.9. The van der Waals surface area contributed by atoms with Gasteiger partial charge in [0.15, 0.2) is 6.10 Å². The molecule has 1 aliphatic heterocycles. The number of benzene rings is 2. The third-order valence-corrected chi connectivity index (χ3v) is 7.30. The molecule has 3 aromatic rings. The van der Waals surface area contributed by atoms with E-state index in [0.717, 1.165) is 11.4 Å². The standard InChI is InChI=1S/C26H28N2O3S/c29-25-15-21(18-32-24-9-5-2-6-10-24)28-16-23(31-26(28)27-25)17-30-22-13-11-20(12-14-22)19-7-3-1-4-8-19/h2,5-6,9-15,19,23H,1,3-4,7-8,16-18H2/t23-/m0/s1. The van der Waals surface area contributed by atoms with Crippen molar-refractivity contribution >= 4 is 11.8 Å². The maximum Gasteiger partial charge on any atom is 0.300 e. The van der Waals surface area contributed by atoms with Gasteiger partial charge >= 0.3 is 6.01 Å². The Bertz CT molecular complexity index is 1090. The average molecular weight is 449 g/mol. The number of thioether (sulfide) groups is 1. The van der Waals surface area contributed by atoms with E-state index in [9.17, 15) is 4.79 Å². The number of rotatable bonds is 7. The van der Waals surface area contributed by atoms with Crippen LogP contribution in [-0.2, 0) is 12.3 Å². The summed E-state index contributed by atoms with van der Waals surface area (Å²) in [4.78, 5) is 17.3. The zero-order valence-electron chi connectivity index (χ0n) is 18.1. The summed E-state index contributed by atoms with van der Waals surface area (Å²) in [7, 11) is 0. The molecule has 0 amide bonds. The first-order valence-corrected chi connectivity index (χ1v) is 12.4. The van der Waals surface area contributed by atoms with Crippen LogP contribution in [0.1, 0.15) is 49.3 Å². The predicted octanol–water partition coefficient (Wildman–Crippen LogP) is 5.42.